The lowest BCUT2D eigenvalue weighted by Crippen LogP contribution is -2.41. The number of carbonyl (C=O) groups is 1. The Morgan fingerprint density at radius 1 is 1.17 bits per heavy atom. The maximum absolute atomic E-state index is 12.5. The van der Waals surface area contributed by atoms with Crippen molar-refractivity contribution >= 4 is 11.7 Å². The van der Waals surface area contributed by atoms with Gasteiger partial charge < -0.3 is 10.2 Å². The van der Waals surface area contributed by atoms with E-state index in [9.17, 15) is 9.59 Å². The van der Waals surface area contributed by atoms with Gasteiger partial charge in [0.25, 0.3) is 5.56 Å². The number of aryl methyl sites for hydroxylation is 1. The van der Waals surface area contributed by atoms with E-state index in [2.05, 4.69) is 30.3 Å². The van der Waals surface area contributed by atoms with Crippen LogP contribution in [-0.4, -0.2) is 54.8 Å². The van der Waals surface area contributed by atoms with Crippen molar-refractivity contribution < 1.29 is 4.79 Å². The molecule has 0 saturated carbocycles. The van der Waals surface area contributed by atoms with Crippen molar-refractivity contribution in [3.63, 3.8) is 0 Å². The molecule has 1 aliphatic heterocycles. The number of imidazole rings is 1. The predicted octanol–water partition coefficient (Wildman–Crippen LogP) is 0.642. The van der Waals surface area contributed by atoms with Crippen LogP contribution < -0.4 is 15.8 Å². The second-order valence-corrected chi connectivity index (χ2v) is 7.20. The van der Waals surface area contributed by atoms with E-state index in [1.807, 2.05) is 16.8 Å². The van der Waals surface area contributed by atoms with Gasteiger partial charge in [0.2, 0.25) is 5.91 Å². The third kappa shape index (κ3) is 4.70. The molecular weight excluding hydrogens is 384 g/mol. The zero-order valence-electron chi connectivity index (χ0n) is 16.6. The third-order valence-electron chi connectivity index (χ3n) is 5.23. The van der Waals surface area contributed by atoms with Crippen LogP contribution in [0.25, 0.3) is 5.82 Å². The molecule has 0 aromatic carbocycles. The van der Waals surface area contributed by atoms with E-state index in [0.717, 1.165) is 37.6 Å². The van der Waals surface area contributed by atoms with Crippen LogP contribution in [0.2, 0.25) is 0 Å². The molecule has 4 rings (SSSR count). The van der Waals surface area contributed by atoms with Gasteiger partial charge in [0.1, 0.15) is 24.3 Å². The van der Waals surface area contributed by atoms with Gasteiger partial charge in [-0.1, -0.05) is 0 Å². The molecule has 1 aliphatic rings. The lowest BCUT2D eigenvalue weighted by Gasteiger charge is -2.32. The van der Waals surface area contributed by atoms with Crippen LogP contribution in [0.3, 0.4) is 0 Å². The van der Waals surface area contributed by atoms with E-state index in [-0.39, 0.29) is 17.4 Å². The van der Waals surface area contributed by atoms with E-state index in [4.69, 9.17) is 0 Å². The standard InChI is InChI=1S/C20H24N8O2/c29-19-3-1-7-25-28(19)9-2-6-22-20(30)16-4-10-26(11-5-16)17-13-18(24-14-23-17)27-12-8-21-15-27/h1,3,7-8,12-16H,2,4-6,9-11H2,(H,22,30). The second kappa shape index (κ2) is 9.29. The SMILES string of the molecule is O=C(NCCCn1ncccc1=O)C1CCN(c2cc(-n3ccnc3)ncn2)CC1. The van der Waals surface area contributed by atoms with Gasteiger partial charge in [-0.05, 0) is 25.3 Å². The number of anilines is 1. The van der Waals surface area contributed by atoms with Gasteiger partial charge in [-0.3, -0.25) is 14.2 Å². The van der Waals surface area contributed by atoms with Crippen LogP contribution in [-0.2, 0) is 11.3 Å². The van der Waals surface area contributed by atoms with Gasteiger partial charge in [-0.2, -0.15) is 5.10 Å². The molecule has 3 aromatic rings. The summed E-state index contributed by atoms with van der Waals surface area (Å²) < 4.78 is 3.24. The molecule has 0 bridgehead atoms. The van der Waals surface area contributed by atoms with Crippen molar-refractivity contribution in [1.82, 2.24) is 34.6 Å². The molecule has 0 aliphatic carbocycles. The highest BCUT2D eigenvalue weighted by Gasteiger charge is 2.25. The van der Waals surface area contributed by atoms with E-state index < -0.39 is 0 Å². The molecular formula is C20H24N8O2. The zero-order chi connectivity index (χ0) is 20.8. The van der Waals surface area contributed by atoms with Crippen LogP contribution in [0.15, 0.2) is 54.2 Å². The summed E-state index contributed by atoms with van der Waals surface area (Å²) in [6.45, 7) is 2.55. The summed E-state index contributed by atoms with van der Waals surface area (Å²) in [5.41, 5.74) is -0.128. The molecule has 0 unspecified atom stereocenters. The summed E-state index contributed by atoms with van der Waals surface area (Å²) in [4.78, 5) is 39.0. The minimum atomic E-state index is -0.128. The number of amides is 1. The Hall–Kier alpha value is -3.56. The van der Waals surface area contributed by atoms with Crippen molar-refractivity contribution in [1.29, 1.82) is 0 Å². The molecule has 156 valence electrons. The lowest BCUT2D eigenvalue weighted by atomic mass is 9.96. The Morgan fingerprint density at radius 3 is 2.77 bits per heavy atom. The quantitative estimate of drug-likeness (QED) is 0.571. The maximum atomic E-state index is 12.5. The molecule has 3 aromatic heterocycles. The summed E-state index contributed by atoms with van der Waals surface area (Å²) >= 11 is 0. The van der Waals surface area contributed by atoms with Crippen LogP contribution >= 0.6 is 0 Å². The van der Waals surface area contributed by atoms with Crippen LogP contribution in [0.4, 0.5) is 5.82 Å². The minimum absolute atomic E-state index is 0.00576. The number of hydrogen-bond acceptors (Lipinski definition) is 7. The van der Waals surface area contributed by atoms with Gasteiger partial charge in [0.05, 0.1) is 0 Å². The number of carbonyl (C=O) groups excluding carboxylic acids is 1. The number of piperidine rings is 1. The molecule has 0 atom stereocenters. The molecule has 4 heterocycles. The predicted molar refractivity (Wildman–Crippen MR) is 110 cm³/mol. The fourth-order valence-electron chi connectivity index (χ4n) is 3.56. The Bertz CT molecular complexity index is 1030. The topological polar surface area (TPSA) is 111 Å². The molecule has 1 fully saturated rings. The first-order valence-corrected chi connectivity index (χ1v) is 10.1. The lowest BCUT2D eigenvalue weighted by molar-refractivity contribution is -0.125. The number of hydrogen-bond donors (Lipinski definition) is 1. The van der Waals surface area contributed by atoms with Gasteiger partial charge in [-0.15, -0.1) is 0 Å². The summed E-state index contributed by atoms with van der Waals surface area (Å²) in [6.07, 6.45) is 10.6. The molecule has 1 N–H and O–H groups in total. The summed E-state index contributed by atoms with van der Waals surface area (Å²) in [5.74, 6) is 1.69. The van der Waals surface area contributed by atoms with Crippen molar-refractivity contribution in [2.24, 2.45) is 5.92 Å². The van der Waals surface area contributed by atoms with Crippen LogP contribution in [0, 0.1) is 5.92 Å². The molecule has 0 spiro atoms. The monoisotopic (exact) mass is 408 g/mol. The summed E-state index contributed by atoms with van der Waals surface area (Å²) in [6, 6.07) is 5.03. The van der Waals surface area contributed by atoms with Crippen LogP contribution in [0.5, 0.6) is 0 Å². The number of nitrogens with zero attached hydrogens (tertiary/aromatic N) is 7. The number of nitrogens with one attached hydrogen (secondary N) is 1. The first kappa shape index (κ1) is 19.7. The molecule has 30 heavy (non-hydrogen) atoms. The Labute approximate surface area is 173 Å². The fraction of sp³-hybridized carbons (Fsp3) is 0.400. The minimum Gasteiger partial charge on any atom is -0.356 e. The van der Waals surface area contributed by atoms with Crippen molar-refractivity contribution in [2.75, 3.05) is 24.5 Å². The molecule has 1 saturated heterocycles. The Kier molecular flexibility index (Phi) is 6.11. The first-order valence-electron chi connectivity index (χ1n) is 10.1. The van der Waals surface area contributed by atoms with Crippen LogP contribution in [0.1, 0.15) is 19.3 Å². The molecule has 10 nitrogen and oxygen atoms in total. The van der Waals surface area contributed by atoms with Gasteiger partial charge in [-0.25, -0.2) is 19.6 Å². The molecule has 1 amide bonds. The summed E-state index contributed by atoms with van der Waals surface area (Å²) in [7, 11) is 0. The normalized spacial score (nSPS) is 14.6. The highest BCUT2D eigenvalue weighted by molar-refractivity contribution is 5.78. The largest absolute Gasteiger partial charge is 0.356 e. The van der Waals surface area contributed by atoms with E-state index in [1.165, 1.54) is 10.7 Å². The zero-order valence-corrected chi connectivity index (χ0v) is 16.6. The Morgan fingerprint density at radius 2 is 2.00 bits per heavy atom. The molecule has 0 radical (unpaired) electrons. The smallest absolute Gasteiger partial charge is 0.266 e. The highest BCUT2D eigenvalue weighted by atomic mass is 16.2. The number of rotatable bonds is 7. The second-order valence-electron chi connectivity index (χ2n) is 7.20. The van der Waals surface area contributed by atoms with E-state index >= 15 is 0 Å². The van der Waals surface area contributed by atoms with Crippen molar-refractivity contribution in [2.45, 2.75) is 25.8 Å². The van der Waals surface area contributed by atoms with Gasteiger partial charge in [0, 0.05) is 62.8 Å². The average Bonchev–Trinajstić information content (AvgIpc) is 3.33. The van der Waals surface area contributed by atoms with E-state index in [1.54, 1.807) is 31.1 Å². The first-order chi connectivity index (χ1) is 14.7. The van der Waals surface area contributed by atoms with E-state index in [0.29, 0.717) is 19.5 Å². The average molecular weight is 408 g/mol. The van der Waals surface area contributed by atoms with Gasteiger partial charge >= 0.3 is 0 Å². The maximum Gasteiger partial charge on any atom is 0.266 e. The fourth-order valence-corrected chi connectivity index (χ4v) is 3.56. The van der Waals surface area contributed by atoms with Crippen molar-refractivity contribution in [3.8, 4) is 5.82 Å². The number of aromatic nitrogens is 6. The summed E-state index contributed by atoms with van der Waals surface area (Å²) in [5, 5.41) is 7.00. The van der Waals surface area contributed by atoms with Gasteiger partial charge in [0.15, 0.2) is 0 Å². The third-order valence-corrected chi connectivity index (χ3v) is 5.23. The Balaban J connectivity index is 1.23. The highest BCUT2D eigenvalue weighted by Crippen LogP contribution is 2.22. The molecule has 10 heteroatoms. The van der Waals surface area contributed by atoms with Crippen molar-refractivity contribution in [3.05, 3.63) is 59.8 Å².